The van der Waals surface area contributed by atoms with E-state index in [1.165, 1.54) is 16.7 Å². The molecule has 3 rings (SSSR count). The van der Waals surface area contributed by atoms with E-state index in [0.29, 0.717) is 5.92 Å². The summed E-state index contributed by atoms with van der Waals surface area (Å²) in [6.07, 6.45) is 0.968. The fourth-order valence-corrected chi connectivity index (χ4v) is 3.77. The van der Waals surface area contributed by atoms with E-state index in [-0.39, 0.29) is 6.04 Å². The van der Waals surface area contributed by atoms with Crippen molar-refractivity contribution in [3.05, 3.63) is 40.1 Å². The number of rotatable bonds is 5. The molecule has 1 aromatic carbocycles. The number of fused-ring (bicyclic) bond motifs is 1. The molecular weight excluding hydrogens is 314 g/mol. The van der Waals surface area contributed by atoms with Gasteiger partial charge in [-0.25, -0.2) is 4.68 Å². The Bertz CT molecular complexity index is 765. The van der Waals surface area contributed by atoms with Gasteiger partial charge in [-0.3, -0.25) is 0 Å². The zero-order valence-electron chi connectivity index (χ0n) is 16.1. The average molecular weight is 343 g/mol. The van der Waals surface area contributed by atoms with Crippen molar-refractivity contribution in [1.82, 2.24) is 15.1 Å². The molecule has 0 unspecified atom stereocenters. The Hall–Kier alpha value is -2.01. The highest BCUT2D eigenvalue weighted by Gasteiger charge is 2.25. The molecule has 1 atom stereocenters. The van der Waals surface area contributed by atoms with Crippen molar-refractivity contribution in [3.63, 3.8) is 0 Å². The van der Waals surface area contributed by atoms with Crippen LogP contribution in [0.25, 0.3) is 0 Å². The normalized spacial score (nSPS) is 16.7. The summed E-state index contributed by atoms with van der Waals surface area (Å²) in [7, 11) is 3.64. The molecule has 0 radical (unpaired) electrons. The van der Waals surface area contributed by atoms with Crippen LogP contribution in [0.4, 0.5) is 0 Å². The molecule has 1 aliphatic heterocycles. The SMILES string of the molecule is COc1c(CN[C@H]2CCOc3c(C)cc(C)cc32)c(C(C)C)nn1C. The van der Waals surface area contributed by atoms with Gasteiger partial charge in [-0.05, 0) is 25.3 Å². The first-order valence-electron chi connectivity index (χ1n) is 8.99. The zero-order valence-corrected chi connectivity index (χ0v) is 16.1. The van der Waals surface area contributed by atoms with Crippen molar-refractivity contribution in [2.45, 2.75) is 52.6 Å². The highest BCUT2D eigenvalue weighted by molar-refractivity contribution is 5.46. The number of methoxy groups -OCH3 is 1. The number of ether oxygens (including phenoxy) is 2. The summed E-state index contributed by atoms with van der Waals surface area (Å²) in [5, 5.41) is 8.36. The number of aryl methyl sites for hydroxylation is 3. The van der Waals surface area contributed by atoms with Crippen LogP contribution in [0, 0.1) is 13.8 Å². The number of hydrogen-bond donors (Lipinski definition) is 1. The van der Waals surface area contributed by atoms with Gasteiger partial charge in [-0.1, -0.05) is 31.5 Å². The van der Waals surface area contributed by atoms with E-state index in [1.807, 2.05) is 11.7 Å². The van der Waals surface area contributed by atoms with Gasteiger partial charge in [0.1, 0.15) is 5.75 Å². The Morgan fingerprint density at radius 3 is 2.80 bits per heavy atom. The van der Waals surface area contributed by atoms with Gasteiger partial charge in [0, 0.05) is 31.6 Å². The third kappa shape index (κ3) is 3.38. The van der Waals surface area contributed by atoms with Crippen LogP contribution in [0.1, 0.15) is 60.2 Å². The van der Waals surface area contributed by atoms with E-state index in [9.17, 15) is 0 Å². The molecule has 5 nitrogen and oxygen atoms in total. The highest BCUT2D eigenvalue weighted by atomic mass is 16.5. The van der Waals surface area contributed by atoms with Crippen molar-refractivity contribution in [3.8, 4) is 11.6 Å². The lowest BCUT2D eigenvalue weighted by Gasteiger charge is -2.28. The summed E-state index contributed by atoms with van der Waals surface area (Å²) in [6.45, 7) is 10.1. The van der Waals surface area contributed by atoms with Gasteiger partial charge in [0.25, 0.3) is 0 Å². The maximum Gasteiger partial charge on any atom is 0.216 e. The van der Waals surface area contributed by atoms with Crippen molar-refractivity contribution in [1.29, 1.82) is 0 Å². The molecule has 1 aromatic heterocycles. The second-order valence-electron chi connectivity index (χ2n) is 7.22. The molecule has 25 heavy (non-hydrogen) atoms. The molecule has 0 saturated heterocycles. The molecular formula is C20H29N3O2. The van der Waals surface area contributed by atoms with Crippen LogP contribution < -0.4 is 14.8 Å². The van der Waals surface area contributed by atoms with Crippen molar-refractivity contribution in [2.24, 2.45) is 7.05 Å². The average Bonchev–Trinajstić information content (AvgIpc) is 2.88. The van der Waals surface area contributed by atoms with Gasteiger partial charge in [0.15, 0.2) is 0 Å². The lowest BCUT2D eigenvalue weighted by molar-refractivity contribution is 0.250. The summed E-state index contributed by atoms with van der Waals surface area (Å²) in [4.78, 5) is 0. The molecule has 0 aliphatic carbocycles. The lowest BCUT2D eigenvalue weighted by atomic mass is 9.95. The highest BCUT2D eigenvalue weighted by Crippen LogP contribution is 2.36. The Morgan fingerprint density at radius 1 is 1.36 bits per heavy atom. The predicted octanol–water partition coefficient (Wildman–Crippen LogP) is 3.78. The standard InChI is InChI=1S/C20H29N3O2/c1-12(2)18-16(20(24-6)23(5)22-18)11-21-17-7-8-25-19-14(4)9-13(3)10-15(17)19/h9-10,12,17,21H,7-8,11H2,1-6H3/t17-/m0/s1. The molecule has 136 valence electrons. The van der Waals surface area contributed by atoms with E-state index in [0.717, 1.165) is 42.5 Å². The minimum Gasteiger partial charge on any atom is -0.493 e. The number of aromatic nitrogens is 2. The fraction of sp³-hybridized carbons (Fsp3) is 0.550. The van der Waals surface area contributed by atoms with Crippen LogP contribution in [0.3, 0.4) is 0 Å². The minimum absolute atomic E-state index is 0.285. The van der Waals surface area contributed by atoms with Crippen LogP contribution in [0.5, 0.6) is 11.6 Å². The van der Waals surface area contributed by atoms with Crippen molar-refractivity contribution < 1.29 is 9.47 Å². The quantitative estimate of drug-likeness (QED) is 0.897. The summed E-state index contributed by atoms with van der Waals surface area (Å²) in [5.74, 6) is 2.24. The molecule has 5 heteroatoms. The Kier molecular flexibility index (Phi) is 5.04. The molecule has 0 fully saturated rings. The minimum atomic E-state index is 0.285. The molecule has 2 heterocycles. The molecule has 0 amide bonds. The second-order valence-corrected chi connectivity index (χ2v) is 7.22. The Morgan fingerprint density at radius 2 is 2.12 bits per heavy atom. The lowest BCUT2D eigenvalue weighted by Crippen LogP contribution is -2.27. The van der Waals surface area contributed by atoms with E-state index >= 15 is 0 Å². The van der Waals surface area contributed by atoms with Gasteiger partial charge in [0.2, 0.25) is 5.88 Å². The molecule has 1 aliphatic rings. The van der Waals surface area contributed by atoms with Crippen molar-refractivity contribution in [2.75, 3.05) is 13.7 Å². The summed E-state index contributed by atoms with van der Waals surface area (Å²) in [5.41, 5.74) is 5.99. The summed E-state index contributed by atoms with van der Waals surface area (Å²) >= 11 is 0. The first-order chi connectivity index (χ1) is 11.9. The van der Waals surface area contributed by atoms with E-state index in [4.69, 9.17) is 9.47 Å². The van der Waals surface area contributed by atoms with Crippen LogP contribution in [-0.4, -0.2) is 23.5 Å². The fourth-order valence-electron chi connectivity index (χ4n) is 3.77. The van der Waals surface area contributed by atoms with Crippen LogP contribution >= 0.6 is 0 Å². The number of benzene rings is 1. The van der Waals surface area contributed by atoms with E-state index in [2.05, 4.69) is 50.2 Å². The topological polar surface area (TPSA) is 48.3 Å². The third-order valence-corrected chi connectivity index (χ3v) is 4.86. The van der Waals surface area contributed by atoms with Crippen molar-refractivity contribution >= 4 is 0 Å². The van der Waals surface area contributed by atoms with Gasteiger partial charge in [0.05, 0.1) is 25.0 Å². The van der Waals surface area contributed by atoms with Crippen LogP contribution in [0.2, 0.25) is 0 Å². The molecule has 2 aromatic rings. The number of nitrogens with zero attached hydrogens (tertiary/aromatic N) is 2. The largest absolute Gasteiger partial charge is 0.493 e. The predicted molar refractivity (Wildman–Crippen MR) is 99.5 cm³/mol. The van der Waals surface area contributed by atoms with E-state index in [1.54, 1.807) is 7.11 Å². The van der Waals surface area contributed by atoms with Crippen LogP contribution in [0.15, 0.2) is 12.1 Å². The summed E-state index contributed by atoms with van der Waals surface area (Å²) < 4.78 is 13.3. The maximum atomic E-state index is 5.92. The smallest absolute Gasteiger partial charge is 0.216 e. The Balaban J connectivity index is 1.87. The molecule has 0 bridgehead atoms. The van der Waals surface area contributed by atoms with E-state index < -0.39 is 0 Å². The second kappa shape index (κ2) is 7.08. The number of nitrogens with one attached hydrogen (secondary N) is 1. The first kappa shape index (κ1) is 17.8. The van der Waals surface area contributed by atoms with Gasteiger partial charge in [-0.2, -0.15) is 5.10 Å². The zero-order chi connectivity index (χ0) is 18.1. The van der Waals surface area contributed by atoms with Crippen LogP contribution in [-0.2, 0) is 13.6 Å². The van der Waals surface area contributed by atoms with Gasteiger partial charge >= 0.3 is 0 Å². The molecule has 0 spiro atoms. The third-order valence-electron chi connectivity index (χ3n) is 4.86. The van der Waals surface area contributed by atoms with Gasteiger partial charge in [-0.15, -0.1) is 0 Å². The number of hydrogen-bond acceptors (Lipinski definition) is 4. The monoisotopic (exact) mass is 343 g/mol. The molecule has 1 N–H and O–H groups in total. The first-order valence-corrected chi connectivity index (χ1v) is 8.99. The van der Waals surface area contributed by atoms with Gasteiger partial charge < -0.3 is 14.8 Å². The summed E-state index contributed by atoms with van der Waals surface area (Å²) in [6, 6.07) is 4.71. The maximum absolute atomic E-state index is 5.92. The molecule has 0 saturated carbocycles. The Labute approximate surface area is 150 Å².